The van der Waals surface area contributed by atoms with Gasteiger partial charge in [-0.05, 0) is 83.3 Å². The molecular weight excluding hydrogens is 546 g/mol. The van der Waals surface area contributed by atoms with E-state index in [-0.39, 0.29) is 17.7 Å². The lowest BCUT2D eigenvalue weighted by Crippen LogP contribution is -2.48. The quantitative estimate of drug-likeness (QED) is 0.274. The summed E-state index contributed by atoms with van der Waals surface area (Å²) in [5, 5.41) is 3.16. The molecule has 3 aromatic heterocycles. The number of rotatable bonds is 6. The Morgan fingerprint density at radius 3 is 2.47 bits per heavy atom. The molecule has 1 aliphatic carbocycles. The van der Waals surface area contributed by atoms with Crippen LogP contribution < -0.4 is 5.32 Å². The van der Waals surface area contributed by atoms with Crippen molar-refractivity contribution in [1.29, 1.82) is 0 Å². The van der Waals surface area contributed by atoms with Crippen molar-refractivity contribution >= 4 is 22.8 Å². The molecule has 0 atom stereocenters. The van der Waals surface area contributed by atoms with Crippen molar-refractivity contribution in [3.63, 3.8) is 0 Å². The van der Waals surface area contributed by atoms with Crippen LogP contribution in [0.2, 0.25) is 0 Å². The minimum Gasteiger partial charge on any atom is -0.325 e. The van der Waals surface area contributed by atoms with Gasteiger partial charge in [0.25, 0.3) is 0 Å². The fourth-order valence-electron chi connectivity index (χ4n) is 7.36. The summed E-state index contributed by atoms with van der Waals surface area (Å²) in [7, 11) is 0. The van der Waals surface area contributed by atoms with Gasteiger partial charge in [-0.25, -0.2) is 28.7 Å². The summed E-state index contributed by atoms with van der Waals surface area (Å²) in [6.45, 7) is 10.7. The number of likely N-dealkylation sites (tertiary alicyclic amines) is 1. The number of nitrogens with one attached hydrogen (secondary N) is 1. The number of aromatic nitrogens is 5. The summed E-state index contributed by atoms with van der Waals surface area (Å²) in [6, 6.07) is 8.70. The molecular formula is C33H40F2N8. The van der Waals surface area contributed by atoms with Gasteiger partial charge >= 0.3 is 0 Å². The Morgan fingerprint density at radius 2 is 1.70 bits per heavy atom. The van der Waals surface area contributed by atoms with Crippen molar-refractivity contribution in [3.05, 3.63) is 59.2 Å². The maximum absolute atomic E-state index is 15.3. The van der Waals surface area contributed by atoms with Crippen molar-refractivity contribution < 1.29 is 8.78 Å². The predicted octanol–water partition coefficient (Wildman–Crippen LogP) is 6.56. The van der Waals surface area contributed by atoms with Crippen LogP contribution in [0.15, 0.2) is 30.5 Å². The third-order valence-corrected chi connectivity index (χ3v) is 9.70. The molecule has 226 valence electrons. The Balaban J connectivity index is 1.10. The number of nitrogens with zero attached hydrogens (tertiary/aromatic N) is 7. The van der Waals surface area contributed by atoms with E-state index >= 15 is 8.78 Å². The summed E-state index contributed by atoms with van der Waals surface area (Å²) in [5.41, 5.74) is 3.74. The lowest BCUT2D eigenvalue weighted by atomic mass is 9.97. The number of hydrogen-bond donors (Lipinski definition) is 1. The van der Waals surface area contributed by atoms with Crippen LogP contribution in [0, 0.1) is 18.6 Å². The van der Waals surface area contributed by atoms with E-state index in [2.05, 4.69) is 54.5 Å². The minimum atomic E-state index is -0.606. The number of benzene rings is 1. The maximum atomic E-state index is 15.3. The fraction of sp³-hybridized carbons (Fsp3) is 0.515. The minimum absolute atomic E-state index is 0.0484. The average molecular weight is 587 g/mol. The van der Waals surface area contributed by atoms with Crippen LogP contribution in [0.1, 0.15) is 75.5 Å². The number of hydrogen-bond acceptors (Lipinski definition) is 7. The van der Waals surface area contributed by atoms with Crippen LogP contribution in [0.25, 0.3) is 22.3 Å². The molecule has 1 saturated heterocycles. The van der Waals surface area contributed by atoms with Gasteiger partial charge in [-0.15, -0.1) is 0 Å². The molecule has 1 N–H and O–H groups in total. The molecule has 0 amide bonds. The highest BCUT2D eigenvalue weighted by molar-refractivity contribution is 5.83. The second kappa shape index (κ2) is 11.5. The first kappa shape index (κ1) is 28.3. The van der Waals surface area contributed by atoms with Crippen molar-refractivity contribution in [3.8, 4) is 11.3 Å². The molecule has 1 aromatic carbocycles. The lowest BCUT2D eigenvalue weighted by molar-refractivity contribution is 0.0834. The molecule has 8 nitrogen and oxygen atoms in total. The van der Waals surface area contributed by atoms with Gasteiger partial charge < -0.3 is 14.8 Å². The standard InChI is InChI=1S/C33H40F2N8/c1-20(2)41-13-10-24(11-14-41)42-15-12-28-22(19-42)8-9-30(38-28)39-33-36-18-27(35)31(40-33)23-16-26(34)32-29(17-23)43(21(3)37-32)25-6-4-5-7-25/h8-9,16-18,20,24-25H,4-7,10-15,19H2,1-3H3,(H,36,38,39,40). The molecule has 1 saturated carbocycles. The van der Waals surface area contributed by atoms with Crippen LogP contribution in [0.5, 0.6) is 0 Å². The van der Waals surface area contributed by atoms with Crippen molar-refractivity contribution in [2.75, 3.05) is 25.0 Å². The van der Waals surface area contributed by atoms with Gasteiger partial charge in [0.15, 0.2) is 11.6 Å². The molecule has 0 radical (unpaired) electrons. The van der Waals surface area contributed by atoms with Crippen LogP contribution in [0.4, 0.5) is 20.5 Å². The van der Waals surface area contributed by atoms with Gasteiger partial charge in [-0.3, -0.25) is 4.90 Å². The largest absolute Gasteiger partial charge is 0.325 e. The zero-order valence-corrected chi connectivity index (χ0v) is 25.3. The van der Waals surface area contributed by atoms with Gasteiger partial charge in [0, 0.05) is 48.9 Å². The molecule has 10 heteroatoms. The normalized spacial score (nSPS) is 19.0. The van der Waals surface area contributed by atoms with Gasteiger partial charge in [-0.1, -0.05) is 18.9 Å². The number of aryl methyl sites for hydroxylation is 1. The second-order valence-corrected chi connectivity index (χ2v) is 12.7. The van der Waals surface area contributed by atoms with Crippen LogP contribution in [-0.4, -0.2) is 66.0 Å². The molecule has 7 rings (SSSR count). The number of pyridine rings is 1. The van der Waals surface area contributed by atoms with Crippen LogP contribution in [0.3, 0.4) is 0 Å². The molecule has 4 aromatic rings. The van der Waals surface area contributed by atoms with Gasteiger partial charge in [-0.2, -0.15) is 0 Å². The van der Waals surface area contributed by atoms with Gasteiger partial charge in [0.1, 0.15) is 22.9 Å². The lowest BCUT2D eigenvalue weighted by Gasteiger charge is -2.41. The molecule has 2 fully saturated rings. The number of imidazole rings is 1. The fourth-order valence-corrected chi connectivity index (χ4v) is 7.36. The van der Waals surface area contributed by atoms with Crippen molar-refractivity contribution in [2.45, 2.75) is 90.4 Å². The van der Waals surface area contributed by atoms with E-state index in [4.69, 9.17) is 4.98 Å². The molecule has 0 spiro atoms. The SMILES string of the molecule is Cc1nc2c(F)cc(-c3nc(Nc4ccc5c(n4)CCN(C4CCN(C(C)C)CC4)C5)ncc3F)cc2n1C1CCCC1. The zero-order chi connectivity index (χ0) is 29.7. The third kappa shape index (κ3) is 5.51. The molecule has 5 heterocycles. The number of piperidine rings is 1. The topological polar surface area (TPSA) is 75.0 Å². The van der Waals surface area contributed by atoms with Crippen molar-refractivity contribution in [2.24, 2.45) is 0 Å². The van der Waals surface area contributed by atoms with Crippen molar-refractivity contribution in [1.82, 2.24) is 34.3 Å². The summed E-state index contributed by atoms with van der Waals surface area (Å²) < 4.78 is 32.5. The van der Waals surface area contributed by atoms with E-state index in [0.29, 0.717) is 34.5 Å². The summed E-state index contributed by atoms with van der Waals surface area (Å²) in [6.07, 6.45) is 8.82. The molecule has 3 aliphatic rings. The summed E-state index contributed by atoms with van der Waals surface area (Å²) >= 11 is 0. The molecule has 0 bridgehead atoms. The van der Waals surface area contributed by atoms with E-state index in [1.165, 1.54) is 24.5 Å². The average Bonchev–Trinajstić information content (AvgIpc) is 3.65. The zero-order valence-electron chi connectivity index (χ0n) is 25.3. The molecule has 0 unspecified atom stereocenters. The Kier molecular flexibility index (Phi) is 7.59. The Labute approximate surface area is 251 Å². The Morgan fingerprint density at radius 1 is 0.907 bits per heavy atom. The monoisotopic (exact) mass is 586 g/mol. The Hall–Kier alpha value is -3.50. The first-order valence-corrected chi connectivity index (χ1v) is 15.8. The van der Waals surface area contributed by atoms with E-state index < -0.39 is 11.6 Å². The number of anilines is 2. The first-order chi connectivity index (χ1) is 20.8. The van der Waals surface area contributed by atoms with E-state index in [1.807, 2.05) is 19.1 Å². The highest BCUT2D eigenvalue weighted by Gasteiger charge is 2.29. The van der Waals surface area contributed by atoms with E-state index in [9.17, 15) is 0 Å². The first-order valence-electron chi connectivity index (χ1n) is 15.8. The summed E-state index contributed by atoms with van der Waals surface area (Å²) in [4.78, 5) is 23.2. The number of halogens is 2. The van der Waals surface area contributed by atoms with Crippen LogP contribution in [-0.2, 0) is 13.0 Å². The maximum Gasteiger partial charge on any atom is 0.229 e. The third-order valence-electron chi connectivity index (χ3n) is 9.70. The van der Waals surface area contributed by atoms with Gasteiger partial charge in [0.2, 0.25) is 5.95 Å². The predicted molar refractivity (Wildman–Crippen MR) is 164 cm³/mol. The smallest absolute Gasteiger partial charge is 0.229 e. The molecule has 2 aliphatic heterocycles. The van der Waals surface area contributed by atoms with E-state index in [1.54, 1.807) is 0 Å². The van der Waals surface area contributed by atoms with Crippen LogP contribution >= 0.6 is 0 Å². The summed E-state index contributed by atoms with van der Waals surface area (Å²) in [5.74, 6) is 0.536. The molecule has 43 heavy (non-hydrogen) atoms. The highest BCUT2D eigenvalue weighted by Crippen LogP contribution is 2.36. The number of fused-ring (bicyclic) bond motifs is 2. The highest BCUT2D eigenvalue weighted by atomic mass is 19.1. The second-order valence-electron chi connectivity index (χ2n) is 12.7. The van der Waals surface area contributed by atoms with Gasteiger partial charge in [0.05, 0.1) is 11.7 Å². The Bertz CT molecular complexity index is 1640. The van der Waals surface area contributed by atoms with E-state index in [0.717, 1.165) is 76.0 Å².